The Morgan fingerprint density at radius 2 is 1.83 bits per heavy atom. The van der Waals surface area contributed by atoms with Crippen LogP contribution in [0.1, 0.15) is 36.0 Å². The molecule has 0 bridgehead atoms. The second-order valence-corrected chi connectivity index (χ2v) is 6.30. The zero-order valence-corrected chi connectivity index (χ0v) is 14.4. The number of benzene rings is 1. The first-order valence-electron chi connectivity index (χ1n) is 8.16. The van der Waals surface area contributed by atoms with Crippen molar-refractivity contribution in [3.05, 3.63) is 29.8 Å². The van der Waals surface area contributed by atoms with E-state index < -0.39 is 5.54 Å². The van der Waals surface area contributed by atoms with Gasteiger partial charge in [0.1, 0.15) is 0 Å². The summed E-state index contributed by atoms with van der Waals surface area (Å²) in [6.45, 7) is 2.33. The van der Waals surface area contributed by atoms with E-state index in [1.807, 2.05) is 0 Å². The molecule has 0 atom stereocenters. The van der Waals surface area contributed by atoms with Crippen molar-refractivity contribution < 1.29 is 14.3 Å². The van der Waals surface area contributed by atoms with Crippen LogP contribution in [0.25, 0.3) is 0 Å². The van der Waals surface area contributed by atoms with Crippen molar-refractivity contribution in [1.82, 2.24) is 4.90 Å². The number of halogens is 1. The highest BCUT2D eigenvalue weighted by atomic mass is 35.5. The Balaban J connectivity index is 0.00000208. The fraction of sp³-hybridized carbons (Fsp3) is 0.529. The Labute approximate surface area is 148 Å². The minimum absolute atomic E-state index is 0. The van der Waals surface area contributed by atoms with Crippen LogP contribution < -0.4 is 11.1 Å². The number of hydrogen-bond donors (Lipinski definition) is 2. The number of ether oxygens (including phenoxy) is 1. The summed E-state index contributed by atoms with van der Waals surface area (Å²) in [6, 6.07) is 7.04. The van der Waals surface area contributed by atoms with Gasteiger partial charge in [-0.3, -0.25) is 9.59 Å². The van der Waals surface area contributed by atoms with Crippen molar-refractivity contribution in [1.29, 1.82) is 0 Å². The number of carbonyl (C=O) groups excluding carboxylic acids is 2. The Kier molecular flexibility index (Phi) is 6.21. The molecular weight excluding hydrogens is 330 g/mol. The van der Waals surface area contributed by atoms with Crippen LogP contribution in [0.2, 0.25) is 0 Å². The van der Waals surface area contributed by atoms with Gasteiger partial charge in [0.05, 0.1) is 18.8 Å². The van der Waals surface area contributed by atoms with E-state index in [1.165, 1.54) is 0 Å². The predicted molar refractivity (Wildman–Crippen MR) is 94.4 cm³/mol. The van der Waals surface area contributed by atoms with Gasteiger partial charge in [-0.1, -0.05) is 18.9 Å². The molecule has 3 N–H and O–H groups in total. The van der Waals surface area contributed by atoms with Gasteiger partial charge in [0.2, 0.25) is 5.91 Å². The third kappa shape index (κ3) is 4.06. The maximum Gasteiger partial charge on any atom is 0.254 e. The number of anilines is 1. The lowest BCUT2D eigenvalue weighted by Gasteiger charge is -2.27. The summed E-state index contributed by atoms with van der Waals surface area (Å²) in [4.78, 5) is 26.6. The molecular formula is C17H24ClN3O3. The van der Waals surface area contributed by atoms with Gasteiger partial charge in [-0.15, -0.1) is 12.4 Å². The monoisotopic (exact) mass is 353 g/mol. The second kappa shape index (κ2) is 7.96. The molecule has 1 heterocycles. The lowest BCUT2D eigenvalue weighted by atomic mass is 9.98. The number of carbonyl (C=O) groups is 2. The summed E-state index contributed by atoms with van der Waals surface area (Å²) in [5, 5.41) is 2.86. The number of nitrogens with one attached hydrogen (secondary N) is 1. The summed E-state index contributed by atoms with van der Waals surface area (Å²) >= 11 is 0. The largest absolute Gasteiger partial charge is 0.378 e. The molecule has 2 aliphatic rings. The maximum atomic E-state index is 12.5. The predicted octanol–water partition coefficient (Wildman–Crippen LogP) is 1.79. The quantitative estimate of drug-likeness (QED) is 0.867. The van der Waals surface area contributed by atoms with Gasteiger partial charge in [-0.25, -0.2) is 0 Å². The zero-order chi connectivity index (χ0) is 16.3. The summed E-state index contributed by atoms with van der Waals surface area (Å²) < 4.78 is 5.27. The molecule has 0 unspecified atom stereocenters. The average Bonchev–Trinajstić information content (AvgIpc) is 3.03. The number of nitrogens with two attached hydrogens (primary N) is 1. The third-order valence-corrected chi connectivity index (χ3v) is 4.61. The highest BCUT2D eigenvalue weighted by Gasteiger charge is 2.37. The first-order chi connectivity index (χ1) is 11.1. The average molecular weight is 354 g/mol. The molecule has 0 aromatic heterocycles. The van der Waals surface area contributed by atoms with Gasteiger partial charge < -0.3 is 20.7 Å². The Bertz CT molecular complexity index is 596. The Morgan fingerprint density at radius 3 is 2.50 bits per heavy atom. The summed E-state index contributed by atoms with van der Waals surface area (Å²) in [7, 11) is 0. The third-order valence-electron chi connectivity index (χ3n) is 4.61. The van der Waals surface area contributed by atoms with Crippen LogP contribution in [-0.2, 0) is 9.53 Å². The summed E-state index contributed by atoms with van der Waals surface area (Å²) in [5.74, 6) is -0.196. The number of amides is 2. The van der Waals surface area contributed by atoms with Gasteiger partial charge in [0.15, 0.2) is 0 Å². The molecule has 2 fully saturated rings. The molecule has 1 aliphatic carbocycles. The molecule has 2 amide bonds. The van der Waals surface area contributed by atoms with Crippen molar-refractivity contribution in [2.45, 2.75) is 31.2 Å². The molecule has 3 rings (SSSR count). The Hall–Kier alpha value is -1.63. The first-order valence-corrected chi connectivity index (χ1v) is 8.16. The standard InChI is InChI=1S/C17H23N3O3.ClH/c18-17(6-1-2-7-17)16(22)19-14-5-3-4-13(12-14)15(21)20-8-10-23-11-9-20;/h3-5,12H,1-2,6-11,18H2,(H,19,22);1H. The van der Waals surface area contributed by atoms with Crippen LogP contribution in [0.4, 0.5) is 5.69 Å². The molecule has 0 radical (unpaired) electrons. The Morgan fingerprint density at radius 1 is 1.17 bits per heavy atom. The van der Waals surface area contributed by atoms with E-state index in [9.17, 15) is 9.59 Å². The first kappa shape index (κ1) is 18.7. The molecule has 1 saturated carbocycles. The van der Waals surface area contributed by atoms with Crippen LogP contribution in [0.15, 0.2) is 24.3 Å². The fourth-order valence-electron chi connectivity index (χ4n) is 3.17. The minimum atomic E-state index is -0.774. The SMILES string of the molecule is Cl.NC1(C(=O)Nc2cccc(C(=O)N3CCOCC3)c2)CCCC1. The molecule has 1 saturated heterocycles. The van der Waals surface area contributed by atoms with Gasteiger partial charge in [-0.2, -0.15) is 0 Å². The highest BCUT2D eigenvalue weighted by molar-refractivity contribution is 6.00. The van der Waals surface area contributed by atoms with E-state index in [1.54, 1.807) is 29.2 Å². The van der Waals surface area contributed by atoms with E-state index >= 15 is 0 Å². The zero-order valence-electron chi connectivity index (χ0n) is 13.6. The van der Waals surface area contributed by atoms with Crippen LogP contribution >= 0.6 is 12.4 Å². The van der Waals surface area contributed by atoms with Crippen molar-refractivity contribution in [2.24, 2.45) is 5.73 Å². The topological polar surface area (TPSA) is 84.7 Å². The highest BCUT2D eigenvalue weighted by Crippen LogP contribution is 2.28. The molecule has 7 heteroatoms. The van der Waals surface area contributed by atoms with E-state index in [2.05, 4.69) is 5.32 Å². The smallest absolute Gasteiger partial charge is 0.254 e. The summed E-state index contributed by atoms with van der Waals surface area (Å²) in [6.07, 6.45) is 3.40. The van der Waals surface area contributed by atoms with E-state index in [-0.39, 0.29) is 24.2 Å². The van der Waals surface area contributed by atoms with Crippen molar-refractivity contribution >= 4 is 29.9 Å². The van der Waals surface area contributed by atoms with Gasteiger partial charge in [-0.05, 0) is 31.0 Å². The van der Waals surface area contributed by atoms with Crippen molar-refractivity contribution in [3.63, 3.8) is 0 Å². The molecule has 24 heavy (non-hydrogen) atoms. The maximum absolute atomic E-state index is 12.5. The van der Waals surface area contributed by atoms with Crippen LogP contribution in [0.3, 0.4) is 0 Å². The van der Waals surface area contributed by atoms with Crippen LogP contribution in [0, 0.1) is 0 Å². The molecule has 6 nitrogen and oxygen atoms in total. The minimum Gasteiger partial charge on any atom is -0.378 e. The molecule has 132 valence electrons. The van der Waals surface area contributed by atoms with Crippen molar-refractivity contribution in [3.8, 4) is 0 Å². The molecule has 1 aliphatic heterocycles. The van der Waals surface area contributed by atoms with E-state index in [0.717, 1.165) is 12.8 Å². The van der Waals surface area contributed by atoms with Gasteiger partial charge in [0.25, 0.3) is 5.91 Å². The second-order valence-electron chi connectivity index (χ2n) is 6.30. The lowest BCUT2D eigenvalue weighted by molar-refractivity contribution is -0.121. The molecule has 0 spiro atoms. The van der Waals surface area contributed by atoms with Crippen LogP contribution in [-0.4, -0.2) is 48.6 Å². The van der Waals surface area contributed by atoms with E-state index in [4.69, 9.17) is 10.5 Å². The van der Waals surface area contributed by atoms with E-state index in [0.29, 0.717) is 50.4 Å². The van der Waals surface area contributed by atoms with Gasteiger partial charge in [0, 0.05) is 24.3 Å². The molecule has 1 aromatic carbocycles. The van der Waals surface area contributed by atoms with Crippen LogP contribution in [0.5, 0.6) is 0 Å². The normalized spacial score (nSPS) is 19.5. The summed E-state index contributed by atoms with van der Waals surface area (Å²) in [5.41, 5.74) is 6.58. The molecule has 1 aromatic rings. The van der Waals surface area contributed by atoms with Crippen molar-refractivity contribution in [2.75, 3.05) is 31.6 Å². The lowest BCUT2D eigenvalue weighted by Crippen LogP contribution is -2.48. The number of hydrogen-bond acceptors (Lipinski definition) is 4. The fourth-order valence-corrected chi connectivity index (χ4v) is 3.17. The number of rotatable bonds is 3. The number of nitrogens with zero attached hydrogens (tertiary/aromatic N) is 1. The number of morpholine rings is 1. The van der Waals surface area contributed by atoms with Gasteiger partial charge >= 0.3 is 0 Å².